The molecule has 152 valence electrons. The first-order valence-electron chi connectivity index (χ1n) is 9.85. The fraction of sp³-hybridized carbons (Fsp3) is 0.333. The van der Waals surface area contributed by atoms with Crippen molar-refractivity contribution in [2.75, 3.05) is 6.61 Å². The third-order valence-electron chi connectivity index (χ3n) is 5.74. The Labute approximate surface area is 170 Å². The van der Waals surface area contributed by atoms with E-state index in [0.717, 1.165) is 23.1 Å². The zero-order valence-corrected chi connectivity index (χ0v) is 16.3. The van der Waals surface area contributed by atoms with Crippen molar-refractivity contribution in [2.45, 2.75) is 43.9 Å². The molecule has 2 aliphatic carbocycles. The van der Waals surface area contributed by atoms with Gasteiger partial charge >= 0.3 is 0 Å². The summed E-state index contributed by atoms with van der Waals surface area (Å²) >= 11 is 0. The van der Waals surface area contributed by atoms with E-state index in [1.165, 1.54) is 16.7 Å². The van der Waals surface area contributed by atoms with Gasteiger partial charge in [0.25, 0.3) is 0 Å². The van der Waals surface area contributed by atoms with E-state index in [1.54, 1.807) is 0 Å². The van der Waals surface area contributed by atoms with Gasteiger partial charge in [-0.05, 0) is 46.7 Å². The summed E-state index contributed by atoms with van der Waals surface area (Å²) < 4.78 is 5.75. The van der Waals surface area contributed by atoms with E-state index in [9.17, 15) is 20.4 Å². The van der Waals surface area contributed by atoms with E-state index >= 15 is 0 Å². The molecule has 5 nitrogen and oxygen atoms in total. The topological polar surface area (TPSA) is 90.2 Å². The van der Waals surface area contributed by atoms with Gasteiger partial charge in [0.2, 0.25) is 0 Å². The Bertz CT molecular complexity index is 923. The fourth-order valence-electron chi connectivity index (χ4n) is 4.08. The molecule has 1 aromatic carbocycles. The second-order valence-corrected chi connectivity index (χ2v) is 7.80. The number of hydrogen-bond donors (Lipinski definition) is 4. The van der Waals surface area contributed by atoms with Crippen LogP contribution in [0.3, 0.4) is 0 Å². The van der Waals surface area contributed by atoms with Crippen molar-refractivity contribution in [3.8, 4) is 11.1 Å². The van der Waals surface area contributed by atoms with E-state index in [2.05, 4.69) is 24.3 Å². The highest BCUT2D eigenvalue weighted by Gasteiger charge is 2.44. The average molecular weight is 394 g/mol. The molecule has 4 N–H and O–H groups in total. The summed E-state index contributed by atoms with van der Waals surface area (Å²) in [7, 11) is 0. The number of aryl methyl sites for hydroxylation is 1. The number of fused-ring (bicyclic) bond motifs is 1. The molecule has 1 fully saturated rings. The Morgan fingerprint density at radius 3 is 2.14 bits per heavy atom. The van der Waals surface area contributed by atoms with Gasteiger partial charge < -0.3 is 25.2 Å². The Hall–Kier alpha value is -2.28. The average Bonchev–Trinajstić information content (AvgIpc) is 2.96. The minimum Gasteiger partial charge on any atom is -0.394 e. The Kier molecular flexibility index (Phi) is 5.67. The zero-order chi connectivity index (χ0) is 20.5. The molecular weight excluding hydrogens is 368 g/mol. The summed E-state index contributed by atoms with van der Waals surface area (Å²) in [6.07, 6.45) is -5.01. The molecular formula is C24H26O5. The highest BCUT2D eigenvalue weighted by atomic mass is 16.5. The summed E-state index contributed by atoms with van der Waals surface area (Å²) in [6, 6.07) is 20.6. The van der Waals surface area contributed by atoms with Crippen LogP contribution in [0.1, 0.15) is 28.4 Å². The number of rotatable bonds is 4. The molecule has 3 aliphatic rings. The molecule has 0 radical (unpaired) electrons. The fourth-order valence-corrected chi connectivity index (χ4v) is 4.08. The van der Waals surface area contributed by atoms with Gasteiger partial charge in [-0.2, -0.15) is 0 Å². The minimum atomic E-state index is -1.38. The molecule has 29 heavy (non-hydrogen) atoms. The van der Waals surface area contributed by atoms with Crippen molar-refractivity contribution in [3.63, 3.8) is 0 Å². The van der Waals surface area contributed by atoms with E-state index in [1.807, 2.05) is 43.3 Å². The van der Waals surface area contributed by atoms with Crippen molar-refractivity contribution >= 4 is 0 Å². The highest BCUT2D eigenvalue weighted by Crippen LogP contribution is 2.35. The SMILES string of the molecule is Cc1ccc(Cc2cc3cccccc-3c2)cc1C1O[C@H](CO)[C@@H](O)[C@H](O)[C@H]1O. The smallest absolute Gasteiger partial charge is 0.113 e. The standard InChI is InChI=1S/C24H26O5/c1-14-7-8-15(9-16-10-17-5-3-2-4-6-18(17)11-16)12-19(14)24-23(28)22(27)21(26)20(13-25)29-24/h2-8,10-12,20-28H,9,13H2,1H3/t20-,21-,22+,23-,24?/m1/s1. The molecule has 0 bridgehead atoms. The van der Waals surface area contributed by atoms with Crippen LogP contribution in [0.25, 0.3) is 11.1 Å². The summed E-state index contributed by atoms with van der Waals surface area (Å²) in [5.41, 5.74) is 6.29. The lowest BCUT2D eigenvalue weighted by atomic mass is 9.88. The van der Waals surface area contributed by atoms with Crippen molar-refractivity contribution in [1.29, 1.82) is 0 Å². The molecule has 1 saturated heterocycles. The van der Waals surface area contributed by atoms with Crippen LogP contribution in [0.5, 0.6) is 0 Å². The largest absolute Gasteiger partial charge is 0.394 e. The summed E-state index contributed by atoms with van der Waals surface area (Å²) in [5.74, 6) is 0. The first kappa shape index (κ1) is 20.0. The summed E-state index contributed by atoms with van der Waals surface area (Å²) in [4.78, 5) is 0. The molecule has 1 heterocycles. The molecule has 5 heteroatoms. The van der Waals surface area contributed by atoms with Crippen molar-refractivity contribution in [2.24, 2.45) is 0 Å². The quantitative estimate of drug-likeness (QED) is 0.545. The summed E-state index contributed by atoms with van der Waals surface area (Å²) in [5, 5.41) is 40.1. The molecule has 1 aliphatic heterocycles. The third-order valence-corrected chi connectivity index (χ3v) is 5.74. The van der Waals surface area contributed by atoms with Gasteiger partial charge in [-0.15, -0.1) is 0 Å². The molecule has 0 aromatic heterocycles. The Morgan fingerprint density at radius 1 is 0.793 bits per heavy atom. The van der Waals surface area contributed by atoms with Crippen molar-refractivity contribution in [3.05, 3.63) is 82.9 Å². The number of benzene rings is 1. The van der Waals surface area contributed by atoms with E-state index in [-0.39, 0.29) is 0 Å². The van der Waals surface area contributed by atoms with Crippen molar-refractivity contribution < 1.29 is 25.2 Å². The van der Waals surface area contributed by atoms with Crippen LogP contribution in [0.4, 0.5) is 0 Å². The predicted octanol–water partition coefficient (Wildman–Crippen LogP) is 2.21. The van der Waals surface area contributed by atoms with Gasteiger partial charge in [0.1, 0.15) is 30.5 Å². The maximum absolute atomic E-state index is 10.5. The molecule has 1 unspecified atom stereocenters. The summed E-state index contributed by atoms with van der Waals surface area (Å²) in [6.45, 7) is 1.48. The molecule has 0 amide bonds. The molecule has 1 aromatic rings. The molecule has 0 spiro atoms. The monoisotopic (exact) mass is 394 g/mol. The van der Waals surface area contributed by atoms with Gasteiger partial charge in [0, 0.05) is 0 Å². The lowest BCUT2D eigenvalue weighted by Gasteiger charge is -2.40. The number of hydrogen-bond acceptors (Lipinski definition) is 5. The predicted molar refractivity (Wildman–Crippen MR) is 110 cm³/mol. The number of ether oxygens (including phenoxy) is 1. The lowest BCUT2D eigenvalue weighted by Crippen LogP contribution is -2.55. The second kappa shape index (κ2) is 8.22. The maximum Gasteiger partial charge on any atom is 0.113 e. The zero-order valence-electron chi connectivity index (χ0n) is 16.3. The van der Waals surface area contributed by atoms with Gasteiger partial charge in [-0.25, -0.2) is 0 Å². The van der Waals surface area contributed by atoms with Crippen LogP contribution in [0.15, 0.2) is 60.7 Å². The van der Waals surface area contributed by atoms with Crippen molar-refractivity contribution in [1.82, 2.24) is 0 Å². The molecule has 5 atom stereocenters. The van der Waals surface area contributed by atoms with Gasteiger partial charge in [0.15, 0.2) is 0 Å². The first-order valence-corrected chi connectivity index (χ1v) is 9.85. The number of aliphatic hydroxyl groups excluding tert-OH is 4. The van der Waals surface area contributed by atoms with Crippen LogP contribution >= 0.6 is 0 Å². The van der Waals surface area contributed by atoms with Crippen LogP contribution in [-0.4, -0.2) is 51.4 Å². The van der Waals surface area contributed by atoms with E-state index < -0.39 is 37.1 Å². The van der Waals surface area contributed by atoms with Crippen LogP contribution < -0.4 is 0 Å². The van der Waals surface area contributed by atoms with E-state index in [4.69, 9.17) is 4.74 Å². The molecule has 0 saturated carbocycles. The van der Waals surface area contributed by atoms with Gasteiger partial charge in [-0.1, -0.05) is 60.7 Å². The minimum absolute atomic E-state index is 0.433. The van der Waals surface area contributed by atoms with Gasteiger partial charge in [0.05, 0.1) is 6.61 Å². The Balaban J connectivity index is 1.63. The van der Waals surface area contributed by atoms with Gasteiger partial charge in [-0.3, -0.25) is 0 Å². The van der Waals surface area contributed by atoms with Crippen LogP contribution in [-0.2, 0) is 11.2 Å². The highest BCUT2D eigenvalue weighted by molar-refractivity contribution is 5.68. The normalized spacial score (nSPS) is 27.3. The first-order chi connectivity index (χ1) is 14.0. The van der Waals surface area contributed by atoms with E-state index in [0.29, 0.717) is 0 Å². The lowest BCUT2D eigenvalue weighted by molar-refractivity contribution is -0.231. The van der Waals surface area contributed by atoms with Crippen LogP contribution in [0, 0.1) is 6.92 Å². The Morgan fingerprint density at radius 2 is 1.48 bits per heavy atom. The number of aliphatic hydroxyl groups is 4. The molecule has 4 rings (SSSR count). The second-order valence-electron chi connectivity index (χ2n) is 7.80. The van der Waals surface area contributed by atoms with Crippen LogP contribution in [0.2, 0.25) is 0 Å². The maximum atomic E-state index is 10.5. The third kappa shape index (κ3) is 3.92.